The summed E-state index contributed by atoms with van der Waals surface area (Å²) in [5.74, 6) is 0. The summed E-state index contributed by atoms with van der Waals surface area (Å²) >= 11 is 0. The first-order valence-corrected chi connectivity index (χ1v) is 20.9. The molecule has 2 aliphatic rings. The number of hydrogen-bond acceptors (Lipinski definition) is 1. The Kier molecular flexibility index (Phi) is 6.28. The van der Waals surface area contributed by atoms with Crippen LogP contribution in [-0.2, 0) is 5.41 Å². The quantitative estimate of drug-likeness (QED) is 0.126. The van der Waals surface area contributed by atoms with Gasteiger partial charge in [0.2, 0.25) is 0 Å². The first-order valence-electron chi connectivity index (χ1n) is 20.9. The van der Waals surface area contributed by atoms with E-state index in [1.165, 1.54) is 104 Å². The van der Waals surface area contributed by atoms with Gasteiger partial charge in [-0.3, -0.25) is 0 Å². The molecule has 14 rings (SSSR count). The number of benzene rings is 11. The normalized spacial score (nSPS) is 13.5. The van der Waals surface area contributed by atoms with Crippen molar-refractivity contribution in [3.63, 3.8) is 0 Å². The Balaban J connectivity index is 1.07. The average molecular weight is 759 g/mol. The molecule has 0 N–H and O–H groups in total. The minimum Gasteiger partial charge on any atom is -0.456 e. The van der Waals surface area contributed by atoms with Crippen molar-refractivity contribution in [2.75, 3.05) is 0 Å². The van der Waals surface area contributed by atoms with Crippen LogP contribution in [-0.4, -0.2) is 0 Å². The SMILES string of the molecule is c1ccc2c(c1)-c1ccccc1C21c2cc(-c3c4ccccc4cc4c3ccc3ccccc34)ccc2-c2cc3c(-c4ccc5c(c4)oc4ccccc45)cccc3cc21. The summed E-state index contributed by atoms with van der Waals surface area (Å²) in [4.78, 5) is 0. The monoisotopic (exact) mass is 758 g/mol. The average Bonchev–Trinajstić information content (AvgIpc) is 3.93. The van der Waals surface area contributed by atoms with Crippen LogP contribution in [0.5, 0.6) is 0 Å². The molecule has 1 heteroatoms. The van der Waals surface area contributed by atoms with Crippen LogP contribution in [0.15, 0.2) is 211 Å². The third-order valence-electron chi connectivity index (χ3n) is 13.8. The topological polar surface area (TPSA) is 13.1 Å². The summed E-state index contributed by atoms with van der Waals surface area (Å²) < 4.78 is 6.40. The van der Waals surface area contributed by atoms with Crippen molar-refractivity contribution in [3.8, 4) is 44.5 Å². The third-order valence-corrected chi connectivity index (χ3v) is 13.8. The van der Waals surface area contributed by atoms with Crippen molar-refractivity contribution in [3.05, 3.63) is 229 Å². The second-order valence-electron chi connectivity index (χ2n) is 16.7. The zero-order valence-corrected chi connectivity index (χ0v) is 32.5. The standard InChI is InChI=1S/C59H34O/c1-3-15-40-35(12-1)24-29-48-50(40)30-36-13-2-4-16-42(36)58(48)39-26-27-45-51-34-49-37(14-11-20-41(49)38-25-28-47-46-19-7-10-23-56(46)60-57(47)33-38)31-55(51)59(54(45)32-39)52-21-8-5-17-43(52)44-18-6-9-22-53(44)59/h1-34H. The molecule has 1 heterocycles. The lowest BCUT2D eigenvalue weighted by molar-refractivity contribution is 0.669. The number of rotatable bonds is 2. The lowest BCUT2D eigenvalue weighted by Crippen LogP contribution is -2.25. The summed E-state index contributed by atoms with van der Waals surface area (Å²) in [7, 11) is 0. The van der Waals surface area contributed by atoms with Crippen LogP contribution in [0.2, 0.25) is 0 Å². The highest BCUT2D eigenvalue weighted by molar-refractivity contribution is 6.20. The van der Waals surface area contributed by atoms with Crippen molar-refractivity contribution in [2.24, 2.45) is 0 Å². The summed E-state index contributed by atoms with van der Waals surface area (Å²) in [5.41, 5.74) is 16.8. The van der Waals surface area contributed by atoms with E-state index in [0.717, 1.165) is 27.5 Å². The van der Waals surface area contributed by atoms with Gasteiger partial charge in [0.15, 0.2) is 0 Å². The Morgan fingerprint density at radius 3 is 1.72 bits per heavy atom. The number of furan rings is 1. The molecule has 0 radical (unpaired) electrons. The molecule has 0 amide bonds. The molecule has 1 nitrogen and oxygen atoms in total. The van der Waals surface area contributed by atoms with Crippen LogP contribution >= 0.6 is 0 Å². The van der Waals surface area contributed by atoms with E-state index in [0.29, 0.717) is 0 Å². The molecule has 1 spiro atoms. The Labute approximate surface area is 346 Å². The fourth-order valence-corrected chi connectivity index (χ4v) is 11.3. The lowest BCUT2D eigenvalue weighted by atomic mass is 9.70. The number of para-hydroxylation sites is 1. The summed E-state index contributed by atoms with van der Waals surface area (Å²) in [6.45, 7) is 0. The van der Waals surface area contributed by atoms with Crippen molar-refractivity contribution in [2.45, 2.75) is 5.41 Å². The van der Waals surface area contributed by atoms with Crippen LogP contribution in [0.25, 0.3) is 110 Å². The van der Waals surface area contributed by atoms with Crippen LogP contribution < -0.4 is 0 Å². The first-order chi connectivity index (χ1) is 29.7. The maximum Gasteiger partial charge on any atom is 0.136 e. The van der Waals surface area contributed by atoms with Crippen molar-refractivity contribution < 1.29 is 4.42 Å². The van der Waals surface area contributed by atoms with Crippen molar-refractivity contribution in [1.29, 1.82) is 0 Å². The van der Waals surface area contributed by atoms with E-state index < -0.39 is 5.41 Å². The first kappa shape index (κ1) is 32.2. The van der Waals surface area contributed by atoms with E-state index in [1.54, 1.807) is 0 Å². The van der Waals surface area contributed by atoms with Gasteiger partial charge in [-0.05, 0) is 152 Å². The van der Waals surface area contributed by atoms with Gasteiger partial charge in [0, 0.05) is 10.8 Å². The van der Waals surface area contributed by atoms with Gasteiger partial charge in [-0.2, -0.15) is 0 Å². The van der Waals surface area contributed by atoms with Crippen molar-refractivity contribution >= 4 is 65.0 Å². The van der Waals surface area contributed by atoms with Gasteiger partial charge in [-0.25, -0.2) is 0 Å². The smallest absolute Gasteiger partial charge is 0.136 e. The second-order valence-corrected chi connectivity index (χ2v) is 16.7. The maximum absolute atomic E-state index is 6.40. The molecule has 276 valence electrons. The van der Waals surface area contributed by atoms with Gasteiger partial charge in [-0.15, -0.1) is 0 Å². The van der Waals surface area contributed by atoms with Crippen LogP contribution in [0, 0.1) is 0 Å². The fraction of sp³-hybridized carbons (Fsp3) is 0.0169. The Bertz CT molecular complexity index is 3800. The van der Waals surface area contributed by atoms with Gasteiger partial charge in [0.1, 0.15) is 11.2 Å². The van der Waals surface area contributed by atoms with Crippen LogP contribution in [0.3, 0.4) is 0 Å². The van der Waals surface area contributed by atoms with Gasteiger partial charge >= 0.3 is 0 Å². The molecular weight excluding hydrogens is 725 g/mol. The largest absolute Gasteiger partial charge is 0.456 e. The molecule has 60 heavy (non-hydrogen) atoms. The second kappa shape index (κ2) is 11.7. The lowest BCUT2D eigenvalue weighted by Gasteiger charge is -2.31. The van der Waals surface area contributed by atoms with E-state index in [9.17, 15) is 0 Å². The molecule has 0 aliphatic heterocycles. The zero-order valence-electron chi connectivity index (χ0n) is 32.5. The number of fused-ring (bicyclic) bond motifs is 18. The zero-order chi connectivity index (χ0) is 39.1. The highest BCUT2D eigenvalue weighted by Gasteiger charge is 2.52. The summed E-state index contributed by atoms with van der Waals surface area (Å²) in [6.07, 6.45) is 0. The predicted octanol–water partition coefficient (Wildman–Crippen LogP) is 15.9. The molecule has 11 aromatic carbocycles. The Hall–Kier alpha value is -7.74. The predicted molar refractivity (Wildman–Crippen MR) is 251 cm³/mol. The Morgan fingerprint density at radius 2 is 0.867 bits per heavy atom. The molecular formula is C59H34O. The van der Waals surface area contributed by atoms with E-state index in [-0.39, 0.29) is 0 Å². The summed E-state index contributed by atoms with van der Waals surface area (Å²) in [5, 5.41) is 12.4. The molecule has 0 saturated heterocycles. The maximum atomic E-state index is 6.40. The number of hydrogen-bond donors (Lipinski definition) is 0. The van der Waals surface area contributed by atoms with Gasteiger partial charge in [0.05, 0.1) is 5.41 Å². The van der Waals surface area contributed by atoms with E-state index >= 15 is 0 Å². The van der Waals surface area contributed by atoms with Gasteiger partial charge in [-0.1, -0.05) is 164 Å². The highest BCUT2D eigenvalue weighted by Crippen LogP contribution is 2.64. The van der Waals surface area contributed by atoms with Crippen LogP contribution in [0.1, 0.15) is 22.3 Å². The molecule has 0 fully saturated rings. The van der Waals surface area contributed by atoms with E-state index in [2.05, 4.69) is 200 Å². The minimum atomic E-state index is -0.488. The molecule has 0 bridgehead atoms. The molecule has 0 unspecified atom stereocenters. The molecule has 2 aliphatic carbocycles. The molecule has 1 aromatic heterocycles. The highest BCUT2D eigenvalue weighted by atomic mass is 16.3. The molecule has 0 atom stereocenters. The third kappa shape index (κ3) is 4.11. The van der Waals surface area contributed by atoms with E-state index in [1.807, 2.05) is 6.07 Å². The summed E-state index contributed by atoms with van der Waals surface area (Å²) in [6, 6.07) is 77.1. The van der Waals surface area contributed by atoms with Crippen molar-refractivity contribution in [1.82, 2.24) is 0 Å². The van der Waals surface area contributed by atoms with E-state index in [4.69, 9.17) is 4.42 Å². The van der Waals surface area contributed by atoms with Gasteiger partial charge in [0.25, 0.3) is 0 Å². The Morgan fingerprint density at radius 1 is 0.267 bits per heavy atom. The minimum absolute atomic E-state index is 0.488. The van der Waals surface area contributed by atoms with Crippen LogP contribution in [0.4, 0.5) is 0 Å². The molecule has 0 saturated carbocycles. The fourth-order valence-electron chi connectivity index (χ4n) is 11.3. The molecule has 12 aromatic rings. The van der Waals surface area contributed by atoms with Gasteiger partial charge < -0.3 is 4.42 Å².